The van der Waals surface area contributed by atoms with Crippen molar-refractivity contribution in [1.82, 2.24) is 9.80 Å². The Bertz CT molecular complexity index is 2000. The van der Waals surface area contributed by atoms with Crippen LogP contribution in [0.25, 0.3) is 0 Å². The number of methoxy groups -OCH3 is 3. The molecule has 0 aromatic carbocycles. The number of Topliss-reactive ketones (excluding diaryl/α,β-unsaturated/α-hetero) is 3. The lowest BCUT2D eigenvalue weighted by Crippen LogP contribution is -2.61. The number of ether oxygens (including phenoxy) is 6. The summed E-state index contributed by atoms with van der Waals surface area (Å²) in [4.78, 5) is 89.1. The predicted octanol–water partition coefficient (Wildman–Crippen LogP) is 7.89. The van der Waals surface area contributed by atoms with Gasteiger partial charge in [0.1, 0.15) is 17.9 Å². The van der Waals surface area contributed by atoms with E-state index in [2.05, 4.69) is 4.90 Å². The van der Waals surface area contributed by atoms with Gasteiger partial charge in [0.15, 0.2) is 18.0 Å². The Morgan fingerprint density at radius 1 is 0.867 bits per heavy atom. The third-order valence-corrected chi connectivity index (χ3v) is 16.2. The fourth-order valence-electron chi connectivity index (χ4n) is 11.2. The molecule has 0 radical (unpaired) electrons. The lowest BCUT2D eigenvalue weighted by Gasteiger charge is -2.42. The number of fused-ring (bicyclic) bond motifs is 3. The van der Waals surface area contributed by atoms with Crippen molar-refractivity contribution in [2.75, 3.05) is 47.5 Å². The molecule has 3 aliphatic heterocycles. The van der Waals surface area contributed by atoms with Crippen LogP contribution in [-0.4, -0.2) is 157 Å². The van der Waals surface area contributed by atoms with Gasteiger partial charge in [0.25, 0.3) is 11.7 Å². The van der Waals surface area contributed by atoms with Crippen LogP contribution in [0, 0.1) is 35.5 Å². The normalized spacial score (nSPS) is 34.6. The standard InChI is InChI=1S/C58H92N2O14.ClH/c1-13-59(14-2)29-27-51(63)73-53-41(8)31-38(5)47(62)35-49(39(6)32-43-24-26-46(61)50(33-43)70-11)72-57(67)45-22-18-19-28-60(45)56(66)55(65)58(68)42(9)23-25-44(74-58)34-48(69-10)37(4)21-17-15-16-20-36(3)30-40(7)52(64)54(53)71-12;/h15-17,20-21,31,36,38-40,42-46,48-50,53-54,61,68H,13-14,18-19,22-30,32-35H2,1-12H3;1H/b17-15?,20-16+,37-21?,41-31?;/t36?,38?,39?,40?,42?,43?,44?,45?,46?,48?,49?,50?,53?,54?,58-;/m0./s1. The van der Waals surface area contributed by atoms with Crippen molar-refractivity contribution in [2.45, 2.75) is 200 Å². The van der Waals surface area contributed by atoms with Gasteiger partial charge in [-0.2, -0.15) is 0 Å². The Kier molecular flexibility index (Phi) is 27.8. The summed E-state index contributed by atoms with van der Waals surface area (Å²) < 4.78 is 36.1. The van der Waals surface area contributed by atoms with Crippen LogP contribution in [0.3, 0.4) is 0 Å². The number of hydrogen-bond acceptors (Lipinski definition) is 15. The Morgan fingerprint density at radius 2 is 1.57 bits per heavy atom. The van der Waals surface area contributed by atoms with E-state index >= 15 is 0 Å². The van der Waals surface area contributed by atoms with Gasteiger partial charge >= 0.3 is 11.9 Å². The van der Waals surface area contributed by atoms with Crippen LogP contribution < -0.4 is 0 Å². The van der Waals surface area contributed by atoms with Crippen molar-refractivity contribution < 1.29 is 67.4 Å². The molecular weight excluding hydrogens is 984 g/mol. The summed E-state index contributed by atoms with van der Waals surface area (Å²) >= 11 is 0. The van der Waals surface area contributed by atoms with Crippen molar-refractivity contribution in [3.63, 3.8) is 0 Å². The molecule has 2 N–H and O–H groups in total. The Balaban J connectivity index is 0.0000148. The van der Waals surface area contributed by atoms with E-state index in [0.717, 1.165) is 18.7 Å². The minimum Gasteiger partial charge on any atom is -0.460 e. The summed E-state index contributed by atoms with van der Waals surface area (Å²) in [5, 5.41) is 22.6. The number of rotatable bonds is 12. The molecule has 15 atom stereocenters. The van der Waals surface area contributed by atoms with Gasteiger partial charge in [-0.25, -0.2) is 4.79 Å². The summed E-state index contributed by atoms with van der Waals surface area (Å²) in [5.74, 6) is -8.75. The topological polar surface area (TPSA) is 205 Å². The van der Waals surface area contributed by atoms with Crippen LogP contribution in [0.5, 0.6) is 0 Å². The number of nitrogens with zero attached hydrogens (tertiary/aromatic N) is 2. The fraction of sp³-hybridized carbons (Fsp3) is 0.759. The van der Waals surface area contributed by atoms with Crippen LogP contribution in [0.1, 0.15) is 146 Å². The van der Waals surface area contributed by atoms with Crippen molar-refractivity contribution in [3.05, 3.63) is 47.6 Å². The summed E-state index contributed by atoms with van der Waals surface area (Å²) in [6.45, 7) is 18.8. The maximum atomic E-state index is 14.6. The lowest BCUT2D eigenvalue weighted by atomic mass is 9.78. The van der Waals surface area contributed by atoms with Crippen molar-refractivity contribution in [3.8, 4) is 0 Å². The molecule has 75 heavy (non-hydrogen) atoms. The van der Waals surface area contributed by atoms with Crippen LogP contribution in [0.15, 0.2) is 47.6 Å². The molecule has 3 fully saturated rings. The van der Waals surface area contributed by atoms with E-state index in [1.54, 1.807) is 41.1 Å². The van der Waals surface area contributed by atoms with Gasteiger partial charge in [0.05, 0.1) is 30.8 Å². The fourth-order valence-corrected chi connectivity index (χ4v) is 11.2. The van der Waals surface area contributed by atoms with Gasteiger partial charge in [0.2, 0.25) is 5.79 Å². The Morgan fingerprint density at radius 3 is 2.23 bits per heavy atom. The first-order valence-corrected chi connectivity index (χ1v) is 27.5. The summed E-state index contributed by atoms with van der Waals surface area (Å²) in [6.07, 6.45) is 11.2. The third-order valence-electron chi connectivity index (χ3n) is 16.2. The third kappa shape index (κ3) is 18.5. The molecule has 1 saturated carbocycles. The smallest absolute Gasteiger partial charge is 0.329 e. The highest BCUT2D eigenvalue weighted by Crippen LogP contribution is 2.38. The molecule has 0 aromatic heterocycles. The van der Waals surface area contributed by atoms with E-state index in [4.69, 9.17) is 28.4 Å². The highest BCUT2D eigenvalue weighted by atomic mass is 35.5. The molecule has 17 heteroatoms. The zero-order valence-corrected chi connectivity index (χ0v) is 48.0. The van der Waals surface area contributed by atoms with Gasteiger partial charge in [-0.05, 0) is 120 Å². The second-order valence-electron chi connectivity index (χ2n) is 21.8. The minimum atomic E-state index is -2.45. The van der Waals surface area contributed by atoms with Gasteiger partial charge in [-0.1, -0.05) is 84.9 Å². The molecule has 16 nitrogen and oxygen atoms in total. The molecule has 2 bridgehead atoms. The number of aliphatic hydroxyl groups is 2. The summed E-state index contributed by atoms with van der Waals surface area (Å²) in [5.41, 5.74) is 1.32. The number of carbonyl (C=O) groups excluding carboxylic acids is 6. The average molecular weight is 1080 g/mol. The number of esters is 2. The highest BCUT2D eigenvalue weighted by molar-refractivity contribution is 6.39. The number of amides is 1. The number of aliphatic hydroxyl groups excluding tert-OH is 1. The molecule has 4 aliphatic rings. The maximum Gasteiger partial charge on any atom is 0.329 e. The molecule has 14 unspecified atom stereocenters. The van der Waals surface area contributed by atoms with Crippen molar-refractivity contribution in [2.24, 2.45) is 35.5 Å². The van der Waals surface area contributed by atoms with Crippen molar-refractivity contribution >= 4 is 47.6 Å². The zero-order chi connectivity index (χ0) is 54.9. The Hall–Kier alpha value is -3.61. The molecule has 4 rings (SSSR count). The predicted molar refractivity (Wildman–Crippen MR) is 289 cm³/mol. The first-order valence-electron chi connectivity index (χ1n) is 27.5. The summed E-state index contributed by atoms with van der Waals surface area (Å²) in [7, 11) is 4.56. The molecule has 0 spiro atoms. The van der Waals surface area contributed by atoms with E-state index in [-0.39, 0.29) is 73.6 Å². The van der Waals surface area contributed by atoms with Crippen LogP contribution >= 0.6 is 12.4 Å². The lowest BCUT2D eigenvalue weighted by molar-refractivity contribution is -0.265. The number of allylic oxidation sites excluding steroid dienone is 6. The minimum absolute atomic E-state index is 0. The van der Waals surface area contributed by atoms with Crippen LogP contribution in [0.4, 0.5) is 0 Å². The average Bonchev–Trinajstić information content (AvgIpc) is 3.38. The highest BCUT2D eigenvalue weighted by Gasteiger charge is 2.53. The van der Waals surface area contributed by atoms with Gasteiger partial charge in [-0.15, -0.1) is 12.4 Å². The molecule has 0 aromatic rings. The van der Waals surface area contributed by atoms with Crippen molar-refractivity contribution in [1.29, 1.82) is 0 Å². The number of halogens is 1. The van der Waals surface area contributed by atoms with Gasteiger partial charge in [-0.3, -0.25) is 24.0 Å². The number of hydrogen-bond donors (Lipinski definition) is 2. The van der Waals surface area contributed by atoms with E-state index in [1.165, 1.54) is 12.0 Å². The van der Waals surface area contributed by atoms with Crippen LogP contribution in [-0.2, 0) is 57.2 Å². The van der Waals surface area contributed by atoms with E-state index in [0.29, 0.717) is 76.3 Å². The monoisotopic (exact) mass is 1080 g/mol. The second-order valence-corrected chi connectivity index (χ2v) is 21.8. The maximum absolute atomic E-state index is 14.6. The second kappa shape index (κ2) is 31.7. The van der Waals surface area contributed by atoms with Gasteiger partial charge in [0, 0.05) is 65.0 Å². The zero-order valence-electron chi connectivity index (χ0n) is 47.2. The number of cyclic esters (lactones) is 1. The largest absolute Gasteiger partial charge is 0.460 e. The first-order chi connectivity index (χ1) is 35.1. The van der Waals surface area contributed by atoms with Gasteiger partial charge < -0.3 is 48.4 Å². The SMILES string of the molecule is CCN(CC)CCC(=O)OC1C(C)=CC(C)C(=O)CC(C(C)CC2CCC(O)C(OC)C2)OC(=O)C2CCCCN2C(=O)C(=O)[C@@]2(O)OC(CCC2C)CC(OC)C(C)=CC=C/C=C/C(C)CC(C)C(=O)C1OC.Cl. The number of ketones is 3. The van der Waals surface area contributed by atoms with E-state index < -0.39 is 89.8 Å². The van der Waals surface area contributed by atoms with E-state index in [9.17, 15) is 39.0 Å². The number of carbonyl (C=O) groups is 6. The molecule has 2 saturated heterocycles. The number of piperidine rings is 1. The molecule has 3 heterocycles. The molecular formula is C58H93ClN2O14. The molecule has 1 amide bonds. The quantitative estimate of drug-likeness (QED) is 0.108. The summed E-state index contributed by atoms with van der Waals surface area (Å²) in [6, 6.07) is -1.17. The Labute approximate surface area is 454 Å². The molecule has 426 valence electrons. The van der Waals surface area contributed by atoms with Crippen LogP contribution in [0.2, 0.25) is 0 Å². The molecule has 1 aliphatic carbocycles. The van der Waals surface area contributed by atoms with E-state index in [1.807, 2.05) is 71.9 Å². The first kappa shape index (κ1) is 65.7.